The standard InChI is InChI=1S/C25H33N5O3S/c1-17(2)29-34(31,32)23-9-6-20(7-10-23)27-25-26-16-19-5-8-22(15-24(19)28-25)33-21-11-13-30(14-12-21)18(3)4/h5-10,15-18,21,29H,11-14H2,1-4H3,(H,26,27,28). The summed E-state index contributed by atoms with van der Waals surface area (Å²) in [4.78, 5) is 11.7. The van der Waals surface area contributed by atoms with Gasteiger partial charge in [0.25, 0.3) is 0 Å². The summed E-state index contributed by atoms with van der Waals surface area (Å²) in [6.45, 7) is 10.2. The fourth-order valence-corrected chi connectivity index (χ4v) is 5.32. The maximum absolute atomic E-state index is 12.3. The number of sulfonamides is 1. The van der Waals surface area contributed by atoms with Crippen LogP contribution in [0.3, 0.4) is 0 Å². The summed E-state index contributed by atoms with van der Waals surface area (Å²) >= 11 is 0. The van der Waals surface area contributed by atoms with E-state index in [9.17, 15) is 8.42 Å². The predicted molar refractivity (Wildman–Crippen MR) is 135 cm³/mol. The normalized spacial score (nSPS) is 15.8. The number of ether oxygens (including phenoxy) is 1. The number of aromatic nitrogens is 2. The second-order valence-corrected chi connectivity index (χ2v) is 11.0. The first-order valence-corrected chi connectivity index (χ1v) is 13.2. The Morgan fingerprint density at radius 3 is 2.38 bits per heavy atom. The van der Waals surface area contributed by atoms with Crippen LogP contribution in [0.25, 0.3) is 10.9 Å². The summed E-state index contributed by atoms with van der Waals surface area (Å²) in [5.74, 6) is 1.25. The number of nitrogens with zero attached hydrogens (tertiary/aromatic N) is 3. The van der Waals surface area contributed by atoms with E-state index in [0.29, 0.717) is 17.7 Å². The molecule has 1 aromatic heterocycles. The van der Waals surface area contributed by atoms with Crippen molar-refractivity contribution in [3.8, 4) is 5.75 Å². The van der Waals surface area contributed by atoms with Gasteiger partial charge in [-0.05, 0) is 76.9 Å². The molecule has 1 aliphatic rings. The zero-order valence-electron chi connectivity index (χ0n) is 20.2. The molecule has 0 aliphatic carbocycles. The Labute approximate surface area is 201 Å². The van der Waals surface area contributed by atoms with Gasteiger partial charge in [0.05, 0.1) is 10.4 Å². The van der Waals surface area contributed by atoms with E-state index in [0.717, 1.165) is 42.6 Å². The Morgan fingerprint density at radius 1 is 1.03 bits per heavy atom. The molecule has 0 saturated carbocycles. The van der Waals surface area contributed by atoms with Crippen molar-refractivity contribution < 1.29 is 13.2 Å². The fourth-order valence-electron chi connectivity index (χ4n) is 4.06. The molecule has 1 aliphatic heterocycles. The molecule has 1 fully saturated rings. The largest absolute Gasteiger partial charge is 0.490 e. The topological polar surface area (TPSA) is 96.5 Å². The number of rotatable bonds is 8. The van der Waals surface area contributed by atoms with Gasteiger partial charge in [0.15, 0.2) is 0 Å². The molecule has 2 heterocycles. The van der Waals surface area contributed by atoms with Gasteiger partial charge >= 0.3 is 0 Å². The minimum absolute atomic E-state index is 0.171. The highest BCUT2D eigenvalue weighted by Crippen LogP contribution is 2.25. The van der Waals surface area contributed by atoms with Crippen LogP contribution in [0.5, 0.6) is 5.75 Å². The van der Waals surface area contributed by atoms with Crippen LogP contribution < -0.4 is 14.8 Å². The van der Waals surface area contributed by atoms with Crippen LogP contribution in [0.2, 0.25) is 0 Å². The van der Waals surface area contributed by atoms with Crippen LogP contribution in [-0.2, 0) is 10.0 Å². The van der Waals surface area contributed by atoms with Gasteiger partial charge in [-0.2, -0.15) is 0 Å². The van der Waals surface area contributed by atoms with E-state index in [2.05, 4.69) is 38.8 Å². The molecule has 3 aromatic rings. The minimum atomic E-state index is -3.53. The number of hydrogen-bond donors (Lipinski definition) is 2. The van der Waals surface area contributed by atoms with Gasteiger partial charge in [0.1, 0.15) is 11.9 Å². The van der Waals surface area contributed by atoms with E-state index >= 15 is 0 Å². The first-order valence-electron chi connectivity index (χ1n) is 11.8. The summed E-state index contributed by atoms with van der Waals surface area (Å²) in [5, 5.41) is 4.07. The Bertz CT molecular complexity index is 1220. The van der Waals surface area contributed by atoms with E-state index < -0.39 is 10.0 Å². The molecule has 0 unspecified atom stereocenters. The number of likely N-dealkylation sites (tertiary alicyclic amines) is 1. The third-order valence-corrected chi connectivity index (χ3v) is 7.55. The van der Waals surface area contributed by atoms with Crippen LogP contribution in [0.15, 0.2) is 53.6 Å². The van der Waals surface area contributed by atoms with Crippen molar-refractivity contribution >= 4 is 32.6 Å². The van der Waals surface area contributed by atoms with Crippen molar-refractivity contribution in [1.29, 1.82) is 0 Å². The van der Waals surface area contributed by atoms with Crippen LogP contribution >= 0.6 is 0 Å². The molecule has 182 valence electrons. The maximum atomic E-state index is 12.3. The molecule has 2 aromatic carbocycles. The monoisotopic (exact) mass is 483 g/mol. The van der Waals surface area contributed by atoms with E-state index in [1.54, 1.807) is 44.3 Å². The molecule has 0 atom stereocenters. The highest BCUT2D eigenvalue weighted by molar-refractivity contribution is 7.89. The van der Waals surface area contributed by atoms with Crippen LogP contribution in [-0.4, -0.2) is 54.6 Å². The van der Waals surface area contributed by atoms with Crippen molar-refractivity contribution in [2.24, 2.45) is 0 Å². The summed E-state index contributed by atoms with van der Waals surface area (Å²) < 4.78 is 33.4. The van der Waals surface area contributed by atoms with Crippen LogP contribution in [0, 0.1) is 0 Å². The zero-order chi connectivity index (χ0) is 24.3. The molecule has 9 heteroatoms. The molecule has 0 amide bonds. The highest BCUT2D eigenvalue weighted by atomic mass is 32.2. The highest BCUT2D eigenvalue weighted by Gasteiger charge is 2.22. The van der Waals surface area contributed by atoms with Gasteiger partial charge in [-0.3, -0.25) is 0 Å². The fraction of sp³-hybridized carbons (Fsp3) is 0.440. The number of benzene rings is 2. The lowest BCUT2D eigenvalue weighted by atomic mass is 10.1. The zero-order valence-corrected chi connectivity index (χ0v) is 21.0. The lowest BCUT2D eigenvalue weighted by Gasteiger charge is -2.34. The summed E-state index contributed by atoms with van der Waals surface area (Å²) in [5.41, 5.74) is 1.49. The molecular formula is C25H33N5O3S. The van der Waals surface area contributed by atoms with Crippen molar-refractivity contribution in [2.45, 2.75) is 63.6 Å². The average Bonchev–Trinajstić information content (AvgIpc) is 2.79. The van der Waals surface area contributed by atoms with Gasteiger partial charge < -0.3 is 15.0 Å². The van der Waals surface area contributed by atoms with Crippen molar-refractivity contribution in [3.05, 3.63) is 48.7 Å². The molecule has 0 bridgehead atoms. The lowest BCUT2D eigenvalue weighted by Crippen LogP contribution is -2.41. The van der Waals surface area contributed by atoms with Gasteiger partial charge in [-0.1, -0.05) is 0 Å². The molecule has 34 heavy (non-hydrogen) atoms. The Hall–Kier alpha value is -2.75. The SMILES string of the molecule is CC(C)NS(=O)(=O)c1ccc(Nc2ncc3ccc(OC4CCN(C(C)C)CC4)cc3n2)cc1. The Kier molecular flexibility index (Phi) is 7.35. The van der Waals surface area contributed by atoms with Gasteiger partial charge in [-0.15, -0.1) is 0 Å². The van der Waals surface area contributed by atoms with Crippen molar-refractivity contribution in [2.75, 3.05) is 18.4 Å². The molecular weight excluding hydrogens is 450 g/mol. The van der Waals surface area contributed by atoms with Crippen molar-refractivity contribution in [3.63, 3.8) is 0 Å². The molecule has 8 nitrogen and oxygen atoms in total. The van der Waals surface area contributed by atoms with E-state index in [-0.39, 0.29) is 17.0 Å². The van der Waals surface area contributed by atoms with E-state index in [1.807, 2.05) is 18.2 Å². The molecule has 0 spiro atoms. The Morgan fingerprint density at radius 2 is 1.74 bits per heavy atom. The molecule has 0 radical (unpaired) electrons. The van der Waals surface area contributed by atoms with Crippen LogP contribution in [0.4, 0.5) is 11.6 Å². The number of piperidine rings is 1. The Balaban J connectivity index is 1.44. The molecule has 4 rings (SSSR count). The van der Waals surface area contributed by atoms with Gasteiger partial charge in [0.2, 0.25) is 16.0 Å². The maximum Gasteiger partial charge on any atom is 0.240 e. The number of fused-ring (bicyclic) bond motifs is 1. The van der Waals surface area contributed by atoms with Crippen molar-refractivity contribution in [1.82, 2.24) is 19.6 Å². The average molecular weight is 484 g/mol. The number of nitrogens with one attached hydrogen (secondary N) is 2. The summed E-state index contributed by atoms with van der Waals surface area (Å²) in [6.07, 6.45) is 4.02. The van der Waals surface area contributed by atoms with Gasteiger partial charge in [0, 0.05) is 48.5 Å². The number of anilines is 2. The summed E-state index contributed by atoms with van der Waals surface area (Å²) in [6, 6.07) is 12.8. The minimum Gasteiger partial charge on any atom is -0.490 e. The molecule has 1 saturated heterocycles. The van der Waals surface area contributed by atoms with Gasteiger partial charge in [-0.25, -0.2) is 23.1 Å². The number of hydrogen-bond acceptors (Lipinski definition) is 7. The van der Waals surface area contributed by atoms with E-state index in [1.165, 1.54) is 0 Å². The second-order valence-electron chi connectivity index (χ2n) is 9.29. The smallest absolute Gasteiger partial charge is 0.240 e. The second kappa shape index (κ2) is 10.2. The van der Waals surface area contributed by atoms with Crippen LogP contribution in [0.1, 0.15) is 40.5 Å². The first-order chi connectivity index (χ1) is 16.2. The third-order valence-electron chi connectivity index (χ3n) is 5.88. The molecule has 2 N–H and O–H groups in total. The first kappa shape index (κ1) is 24.4. The predicted octanol–water partition coefficient (Wildman–Crippen LogP) is 4.31. The summed E-state index contributed by atoms with van der Waals surface area (Å²) in [7, 11) is -3.53. The quantitative estimate of drug-likeness (QED) is 0.493. The lowest BCUT2D eigenvalue weighted by molar-refractivity contribution is 0.0844. The third kappa shape index (κ3) is 6.02. The van der Waals surface area contributed by atoms with E-state index in [4.69, 9.17) is 4.74 Å².